The van der Waals surface area contributed by atoms with E-state index in [0.717, 1.165) is 39.0 Å². The van der Waals surface area contributed by atoms with Crippen molar-refractivity contribution in [3.63, 3.8) is 0 Å². The summed E-state index contributed by atoms with van der Waals surface area (Å²) in [6, 6.07) is 0. The van der Waals surface area contributed by atoms with Crippen molar-refractivity contribution in [2.75, 3.05) is 26.4 Å². The molecule has 1 aromatic heterocycles. The van der Waals surface area contributed by atoms with Crippen molar-refractivity contribution < 1.29 is 9.47 Å². The van der Waals surface area contributed by atoms with Crippen LogP contribution >= 0.6 is 0 Å². The van der Waals surface area contributed by atoms with Gasteiger partial charge in [-0.15, -0.1) is 0 Å². The van der Waals surface area contributed by atoms with Crippen LogP contribution in [0.5, 0.6) is 0 Å². The van der Waals surface area contributed by atoms with E-state index in [1.54, 1.807) is 6.20 Å². The Labute approximate surface area is 102 Å². The highest BCUT2D eigenvalue weighted by Gasteiger charge is 2.32. The lowest BCUT2D eigenvalue weighted by atomic mass is 9.96. The highest BCUT2D eigenvalue weighted by atomic mass is 16.5. The third-order valence-electron chi connectivity index (χ3n) is 3.19. The zero-order valence-electron chi connectivity index (χ0n) is 10.2. The Morgan fingerprint density at radius 3 is 3.12 bits per heavy atom. The normalized spacial score (nSPS) is 25.0. The fourth-order valence-corrected chi connectivity index (χ4v) is 2.12. The number of rotatable bonds is 6. The van der Waals surface area contributed by atoms with Gasteiger partial charge in [0.2, 0.25) is 0 Å². The molecule has 0 saturated carbocycles. The van der Waals surface area contributed by atoms with Gasteiger partial charge in [-0.25, -0.2) is 4.98 Å². The van der Waals surface area contributed by atoms with Gasteiger partial charge in [0.1, 0.15) is 5.60 Å². The van der Waals surface area contributed by atoms with Crippen LogP contribution in [0.25, 0.3) is 0 Å². The fraction of sp³-hybridized carbons (Fsp3) is 0.750. The van der Waals surface area contributed by atoms with Gasteiger partial charge in [-0.3, -0.25) is 0 Å². The molecule has 1 unspecified atom stereocenters. The van der Waals surface area contributed by atoms with Gasteiger partial charge in [0.25, 0.3) is 0 Å². The molecule has 96 valence electrons. The van der Waals surface area contributed by atoms with Crippen molar-refractivity contribution in [1.82, 2.24) is 9.55 Å². The summed E-state index contributed by atoms with van der Waals surface area (Å²) in [5, 5.41) is 0. The molecule has 1 aliphatic rings. The Balaban J connectivity index is 1.69. The quantitative estimate of drug-likeness (QED) is 0.746. The van der Waals surface area contributed by atoms with E-state index < -0.39 is 0 Å². The standard InChI is InChI=1S/C12H21N3O2/c13-9-12(3-1-7-16-10-12)17-8-2-5-15-6-4-14-11-15/h4,6,11H,1-3,5,7-10,13H2. The fourth-order valence-electron chi connectivity index (χ4n) is 2.12. The smallest absolute Gasteiger partial charge is 0.104 e. The van der Waals surface area contributed by atoms with E-state index >= 15 is 0 Å². The molecule has 1 fully saturated rings. The number of hydrogen-bond donors (Lipinski definition) is 1. The zero-order chi connectivity index (χ0) is 12.0. The summed E-state index contributed by atoms with van der Waals surface area (Å²) in [6.07, 6.45) is 8.59. The molecule has 2 N–H and O–H groups in total. The average molecular weight is 239 g/mol. The van der Waals surface area contributed by atoms with E-state index in [-0.39, 0.29) is 5.60 Å². The second-order valence-corrected chi connectivity index (χ2v) is 4.55. The maximum absolute atomic E-state index is 5.93. The van der Waals surface area contributed by atoms with Crippen molar-refractivity contribution in [3.8, 4) is 0 Å². The van der Waals surface area contributed by atoms with E-state index in [2.05, 4.69) is 9.55 Å². The molecule has 0 radical (unpaired) electrons. The van der Waals surface area contributed by atoms with Gasteiger partial charge in [-0.1, -0.05) is 0 Å². The van der Waals surface area contributed by atoms with Crippen LogP contribution in [0.3, 0.4) is 0 Å². The largest absolute Gasteiger partial charge is 0.378 e. The molecule has 0 aliphatic carbocycles. The Hall–Kier alpha value is -0.910. The summed E-state index contributed by atoms with van der Waals surface area (Å²) in [7, 11) is 0. The molecule has 0 bridgehead atoms. The minimum atomic E-state index is -0.243. The number of ether oxygens (including phenoxy) is 2. The lowest BCUT2D eigenvalue weighted by Crippen LogP contribution is -2.48. The highest BCUT2D eigenvalue weighted by Crippen LogP contribution is 2.22. The Morgan fingerprint density at radius 1 is 1.53 bits per heavy atom. The second-order valence-electron chi connectivity index (χ2n) is 4.55. The number of nitrogens with zero attached hydrogens (tertiary/aromatic N) is 2. The molecule has 5 nitrogen and oxygen atoms in total. The van der Waals surface area contributed by atoms with E-state index in [4.69, 9.17) is 15.2 Å². The summed E-state index contributed by atoms with van der Waals surface area (Å²) >= 11 is 0. The molecule has 0 aromatic carbocycles. The summed E-state index contributed by atoms with van der Waals surface area (Å²) in [4.78, 5) is 4.00. The van der Waals surface area contributed by atoms with Crippen LogP contribution in [0.2, 0.25) is 0 Å². The summed E-state index contributed by atoms with van der Waals surface area (Å²) in [6.45, 7) is 3.66. The molecule has 1 atom stereocenters. The first-order valence-electron chi connectivity index (χ1n) is 6.22. The first-order chi connectivity index (χ1) is 8.35. The highest BCUT2D eigenvalue weighted by molar-refractivity contribution is 4.84. The Morgan fingerprint density at radius 2 is 2.47 bits per heavy atom. The number of imidazole rings is 1. The van der Waals surface area contributed by atoms with Crippen LogP contribution in [0.4, 0.5) is 0 Å². The van der Waals surface area contributed by atoms with E-state index in [1.807, 2.05) is 12.5 Å². The monoisotopic (exact) mass is 239 g/mol. The Bertz CT molecular complexity index is 308. The van der Waals surface area contributed by atoms with Crippen molar-refractivity contribution >= 4 is 0 Å². The minimum Gasteiger partial charge on any atom is -0.378 e. The molecule has 2 rings (SSSR count). The third-order valence-corrected chi connectivity index (χ3v) is 3.19. The van der Waals surface area contributed by atoms with Crippen molar-refractivity contribution in [2.24, 2.45) is 5.73 Å². The van der Waals surface area contributed by atoms with Crippen molar-refractivity contribution in [3.05, 3.63) is 18.7 Å². The molecule has 5 heteroatoms. The molecule has 0 spiro atoms. The number of hydrogen-bond acceptors (Lipinski definition) is 4. The van der Waals surface area contributed by atoms with Gasteiger partial charge >= 0.3 is 0 Å². The van der Waals surface area contributed by atoms with E-state index in [0.29, 0.717) is 13.2 Å². The molecular weight excluding hydrogens is 218 g/mol. The van der Waals surface area contributed by atoms with E-state index in [9.17, 15) is 0 Å². The predicted molar refractivity (Wildman–Crippen MR) is 64.6 cm³/mol. The molecule has 1 aliphatic heterocycles. The van der Waals surface area contributed by atoms with Crippen LogP contribution in [-0.4, -0.2) is 41.5 Å². The van der Waals surface area contributed by atoms with Crippen LogP contribution in [0.15, 0.2) is 18.7 Å². The summed E-state index contributed by atoms with van der Waals surface area (Å²) in [5.41, 5.74) is 5.55. The zero-order valence-corrected chi connectivity index (χ0v) is 10.2. The molecule has 1 aromatic rings. The Kier molecular flexibility index (Phi) is 4.53. The maximum atomic E-state index is 5.93. The minimum absolute atomic E-state index is 0.243. The van der Waals surface area contributed by atoms with Crippen LogP contribution in [-0.2, 0) is 16.0 Å². The first kappa shape index (κ1) is 12.5. The van der Waals surface area contributed by atoms with Gasteiger partial charge in [0.15, 0.2) is 0 Å². The lowest BCUT2D eigenvalue weighted by Gasteiger charge is -2.35. The molecule has 17 heavy (non-hydrogen) atoms. The first-order valence-corrected chi connectivity index (χ1v) is 6.22. The van der Waals surface area contributed by atoms with Gasteiger partial charge in [-0.2, -0.15) is 0 Å². The lowest BCUT2D eigenvalue weighted by molar-refractivity contribution is -0.123. The van der Waals surface area contributed by atoms with E-state index in [1.165, 1.54) is 0 Å². The van der Waals surface area contributed by atoms with Crippen LogP contribution < -0.4 is 5.73 Å². The van der Waals surface area contributed by atoms with Crippen LogP contribution in [0, 0.1) is 0 Å². The summed E-state index contributed by atoms with van der Waals surface area (Å²) < 4.78 is 13.4. The maximum Gasteiger partial charge on any atom is 0.104 e. The van der Waals surface area contributed by atoms with Gasteiger partial charge in [0.05, 0.1) is 12.9 Å². The molecule has 2 heterocycles. The SMILES string of the molecule is NCC1(OCCCn2ccnc2)CCCOC1. The average Bonchev–Trinajstić information content (AvgIpc) is 2.89. The topological polar surface area (TPSA) is 62.3 Å². The molecular formula is C12H21N3O2. The predicted octanol–water partition coefficient (Wildman–Crippen LogP) is 0.798. The van der Waals surface area contributed by atoms with Gasteiger partial charge in [-0.05, 0) is 19.3 Å². The van der Waals surface area contributed by atoms with Gasteiger partial charge < -0.3 is 19.8 Å². The van der Waals surface area contributed by atoms with Gasteiger partial charge in [0, 0.05) is 38.7 Å². The number of aryl methyl sites for hydroxylation is 1. The van der Waals surface area contributed by atoms with Crippen molar-refractivity contribution in [2.45, 2.75) is 31.4 Å². The molecule has 0 amide bonds. The second kappa shape index (κ2) is 6.14. The number of aromatic nitrogens is 2. The van der Waals surface area contributed by atoms with Crippen LogP contribution in [0.1, 0.15) is 19.3 Å². The third kappa shape index (κ3) is 3.52. The molecule has 1 saturated heterocycles. The number of nitrogens with two attached hydrogens (primary N) is 1. The van der Waals surface area contributed by atoms with Crippen molar-refractivity contribution in [1.29, 1.82) is 0 Å². The summed E-state index contributed by atoms with van der Waals surface area (Å²) in [5.74, 6) is 0.